The Morgan fingerprint density at radius 2 is 0.667 bits per heavy atom. The fourth-order valence-electron chi connectivity index (χ4n) is 6.39. The summed E-state index contributed by atoms with van der Waals surface area (Å²) in [6.07, 6.45) is 34.3. The molecule has 0 aliphatic carbocycles. The van der Waals surface area contributed by atoms with Crippen molar-refractivity contribution in [2.75, 3.05) is 26.2 Å². The lowest BCUT2D eigenvalue weighted by atomic mass is 10.0. The Morgan fingerprint density at radius 1 is 0.381 bits per heavy atom. The molecule has 1 rings (SSSR count). The van der Waals surface area contributed by atoms with Crippen LogP contribution in [-0.4, -0.2) is 36.0 Å². The highest BCUT2D eigenvalue weighted by atomic mass is 15.1. The normalized spacial score (nSPS) is 11.8. The van der Waals surface area contributed by atoms with Crippen LogP contribution in [0.4, 0.5) is 0 Å². The maximum absolute atomic E-state index is 2.65. The van der Waals surface area contributed by atoms with Crippen molar-refractivity contribution < 1.29 is 0 Å². The number of nitrogens with zero attached hydrogens (tertiary/aromatic N) is 2. The van der Waals surface area contributed by atoms with E-state index in [2.05, 4.69) is 61.8 Å². The van der Waals surface area contributed by atoms with Crippen LogP contribution in [0.25, 0.3) is 0 Å². The summed E-state index contributed by atoms with van der Waals surface area (Å²) in [5.74, 6) is 0. The lowest BCUT2D eigenvalue weighted by Gasteiger charge is -2.23. The third-order valence-corrected chi connectivity index (χ3v) is 9.35. The molecule has 0 spiro atoms. The fraction of sp³-hybridized carbons (Fsp3) is 0.850. The number of benzene rings is 1. The van der Waals surface area contributed by atoms with Crippen LogP contribution in [0.2, 0.25) is 0 Å². The standard InChI is InChI=1S/C40H76N2/c1-5-9-11-13-15-17-19-21-23-25-27-29-34-41(7-3)37-39-32-31-33-40(36-39)38-42(8-4)35-30-28-26-24-22-20-18-16-14-12-10-6-2/h31-33,36H,5-30,34-35,37-38H2,1-4H3. The van der Waals surface area contributed by atoms with E-state index in [1.54, 1.807) is 0 Å². The minimum Gasteiger partial charge on any atom is -0.299 e. The molecule has 0 saturated carbocycles. The molecule has 0 aliphatic heterocycles. The average Bonchev–Trinajstić information content (AvgIpc) is 3.01. The molecule has 2 nitrogen and oxygen atoms in total. The topological polar surface area (TPSA) is 6.48 Å². The molecule has 0 unspecified atom stereocenters. The third-order valence-electron chi connectivity index (χ3n) is 9.35. The van der Waals surface area contributed by atoms with E-state index in [4.69, 9.17) is 0 Å². The highest BCUT2D eigenvalue weighted by molar-refractivity contribution is 5.23. The van der Waals surface area contributed by atoms with Crippen LogP contribution >= 0.6 is 0 Å². The number of unbranched alkanes of at least 4 members (excludes halogenated alkanes) is 22. The lowest BCUT2D eigenvalue weighted by molar-refractivity contribution is 0.268. The molecule has 0 N–H and O–H groups in total. The molecule has 0 heterocycles. The smallest absolute Gasteiger partial charge is 0.0233 e. The van der Waals surface area contributed by atoms with Gasteiger partial charge in [-0.2, -0.15) is 0 Å². The fourth-order valence-corrected chi connectivity index (χ4v) is 6.39. The lowest BCUT2D eigenvalue weighted by Crippen LogP contribution is -2.25. The zero-order chi connectivity index (χ0) is 30.4. The van der Waals surface area contributed by atoms with Crippen molar-refractivity contribution in [3.05, 3.63) is 35.4 Å². The van der Waals surface area contributed by atoms with E-state index in [0.29, 0.717) is 0 Å². The molecule has 0 aliphatic rings. The molecule has 0 amide bonds. The maximum Gasteiger partial charge on any atom is 0.0233 e. The third kappa shape index (κ3) is 23.6. The summed E-state index contributed by atoms with van der Waals surface area (Å²) in [6, 6.07) is 9.46. The molecular weight excluding hydrogens is 508 g/mol. The van der Waals surface area contributed by atoms with Crippen molar-refractivity contribution in [3.63, 3.8) is 0 Å². The van der Waals surface area contributed by atoms with Crippen LogP contribution < -0.4 is 0 Å². The second-order valence-corrected chi connectivity index (χ2v) is 13.3. The minimum absolute atomic E-state index is 1.10. The van der Waals surface area contributed by atoms with Gasteiger partial charge in [-0.1, -0.05) is 193 Å². The van der Waals surface area contributed by atoms with Gasteiger partial charge in [-0.15, -0.1) is 0 Å². The Bertz CT molecular complexity index is 618. The Labute approximate surface area is 265 Å². The van der Waals surface area contributed by atoms with Gasteiger partial charge in [0.15, 0.2) is 0 Å². The predicted molar refractivity (Wildman–Crippen MR) is 190 cm³/mol. The summed E-state index contributed by atoms with van der Waals surface area (Å²) in [5.41, 5.74) is 2.99. The van der Waals surface area contributed by atoms with Crippen molar-refractivity contribution >= 4 is 0 Å². The molecule has 1 aromatic carbocycles. The molecular formula is C40H76N2. The monoisotopic (exact) mass is 585 g/mol. The second kappa shape index (κ2) is 30.2. The first-order valence-corrected chi connectivity index (χ1v) is 19.3. The van der Waals surface area contributed by atoms with Gasteiger partial charge in [0, 0.05) is 13.1 Å². The molecule has 1 aromatic rings. The number of hydrogen-bond donors (Lipinski definition) is 0. The van der Waals surface area contributed by atoms with Crippen LogP contribution in [0.1, 0.15) is 193 Å². The largest absolute Gasteiger partial charge is 0.299 e. The van der Waals surface area contributed by atoms with Gasteiger partial charge < -0.3 is 0 Å². The molecule has 0 aromatic heterocycles. The van der Waals surface area contributed by atoms with Crippen LogP contribution in [-0.2, 0) is 13.1 Å². The quantitative estimate of drug-likeness (QED) is 0.0777. The molecule has 2 heteroatoms. The van der Waals surface area contributed by atoms with Crippen molar-refractivity contribution in [3.8, 4) is 0 Å². The van der Waals surface area contributed by atoms with Crippen molar-refractivity contribution in [2.24, 2.45) is 0 Å². The summed E-state index contributed by atoms with van der Waals surface area (Å²) in [6.45, 7) is 16.3. The summed E-state index contributed by atoms with van der Waals surface area (Å²) in [4.78, 5) is 5.30. The van der Waals surface area contributed by atoms with E-state index in [-0.39, 0.29) is 0 Å². The van der Waals surface area contributed by atoms with E-state index in [9.17, 15) is 0 Å². The van der Waals surface area contributed by atoms with Gasteiger partial charge in [0.05, 0.1) is 0 Å². The molecule has 0 atom stereocenters. The van der Waals surface area contributed by atoms with Crippen molar-refractivity contribution in [1.82, 2.24) is 9.80 Å². The Balaban J connectivity index is 2.15. The van der Waals surface area contributed by atoms with Gasteiger partial charge in [0.1, 0.15) is 0 Å². The van der Waals surface area contributed by atoms with Crippen LogP contribution in [0.3, 0.4) is 0 Å². The first-order valence-electron chi connectivity index (χ1n) is 19.3. The predicted octanol–water partition coefficient (Wildman–Crippen LogP) is 12.7. The molecule has 0 radical (unpaired) electrons. The zero-order valence-corrected chi connectivity index (χ0v) is 29.4. The van der Waals surface area contributed by atoms with E-state index < -0.39 is 0 Å². The van der Waals surface area contributed by atoms with E-state index in [0.717, 1.165) is 26.2 Å². The summed E-state index contributed by atoms with van der Waals surface area (Å²) < 4.78 is 0. The van der Waals surface area contributed by atoms with E-state index in [1.807, 2.05) is 0 Å². The average molecular weight is 585 g/mol. The van der Waals surface area contributed by atoms with Crippen LogP contribution in [0.15, 0.2) is 24.3 Å². The minimum atomic E-state index is 1.10. The zero-order valence-electron chi connectivity index (χ0n) is 29.4. The molecule has 246 valence electrons. The second-order valence-electron chi connectivity index (χ2n) is 13.3. The van der Waals surface area contributed by atoms with E-state index in [1.165, 1.54) is 178 Å². The van der Waals surface area contributed by atoms with Gasteiger partial charge in [0.2, 0.25) is 0 Å². The van der Waals surface area contributed by atoms with E-state index >= 15 is 0 Å². The Morgan fingerprint density at radius 3 is 0.952 bits per heavy atom. The Hall–Kier alpha value is -0.860. The molecule has 0 bridgehead atoms. The maximum atomic E-state index is 2.65. The van der Waals surface area contributed by atoms with Crippen LogP contribution in [0, 0.1) is 0 Å². The van der Waals surface area contributed by atoms with Gasteiger partial charge in [0.25, 0.3) is 0 Å². The molecule has 0 fully saturated rings. The van der Waals surface area contributed by atoms with Gasteiger partial charge in [-0.05, 0) is 50.1 Å². The van der Waals surface area contributed by atoms with Gasteiger partial charge in [-0.3, -0.25) is 9.80 Å². The highest BCUT2D eigenvalue weighted by Gasteiger charge is 2.08. The molecule has 42 heavy (non-hydrogen) atoms. The molecule has 0 saturated heterocycles. The van der Waals surface area contributed by atoms with Gasteiger partial charge >= 0.3 is 0 Å². The summed E-state index contributed by atoms with van der Waals surface area (Å²) >= 11 is 0. The SMILES string of the molecule is CCCCCCCCCCCCCCN(CC)Cc1cccc(CN(CC)CCCCCCCCCCCCCC)c1. The Kier molecular flexibility index (Phi) is 28.1. The first kappa shape index (κ1) is 39.2. The van der Waals surface area contributed by atoms with Gasteiger partial charge in [-0.25, -0.2) is 0 Å². The number of rotatable bonds is 32. The van der Waals surface area contributed by atoms with Crippen molar-refractivity contribution in [2.45, 2.75) is 195 Å². The summed E-state index contributed by atoms with van der Waals surface area (Å²) in [5, 5.41) is 0. The first-order chi connectivity index (χ1) is 20.7. The summed E-state index contributed by atoms with van der Waals surface area (Å²) in [7, 11) is 0. The highest BCUT2D eigenvalue weighted by Crippen LogP contribution is 2.16. The van der Waals surface area contributed by atoms with Crippen molar-refractivity contribution in [1.29, 1.82) is 0 Å². The van der Waals surface area contributed by atoms with Crippen LogP contribution in [0.5, 0.6) is 0 Å². The number of hydrogen-bond acceptors (Lipinski definition) is 2.